The van der Waals surface area contributed by atoms with E-state index >= 15 is 0 Å². The van der Waals surface area contributed by atoms with Crippen LogP contribution in [0.1, 0.15) is 12.8 Å². The largest absolute Gasteiger partial charge is 0.352 e. The molecule has 0 unspecified atom stereocenters. The molecule has 0 aliphatic carbocycles. The van der Waals surface area contributed by atoms with Crippen molar-refractivity contribution in [3.05, 3.63) is 117 Å². The molecular weight excluding hydrogens is 653 g/mol. The average Bonchev–Trinajstić information content (AvgIpc) is 3.57. The number of carbonyl (C=O) groups is 3. The highest BCUT2D eigenvalue weighted by molar-refractivity contribution is 6.03. The maximum atomic E-state index is 13.2. The van der Waals surface area contributed by atoms with Crippen LogP contribution in [0.4, 0.5) is 11.4 Å². The number of nitrogens with zero attached hydrogens (tertiary/aromatic N) is 5. The van der Waals surface area contributed by atoms with Crippen molar-refractivity contribution in [2.24, 2.45) is 0 Å². The Kier molecular flexibility index (Phi) is 9.68. The highest BCUT2D eigenvalue weighted by Gasteiger charge is 2.20. The van der Waals surface area contributed by atoms with Gasteiger partial charge in [-0.05, 0) is 127 Å². The molecule has 260 valence electrons. The van der Waals surface area contributed by atoms with Gasteiger partial charge in [0.2, 0.25) is 17.7 Å². The summed E-state index contributed by atoms with van der Waals surface area (Å²) in [6.45, 7) is 9.15. The van der Waals surface area contributed by atoms with Crippen LogP contribution in [0.25, 0.3) is 55.2 Å². The van der Waals surface area contributed by atoms with Crippen LogP contribution in [0.2, 0.25) is 0 Å². The number of amides is 3. The molecule has 1 saturated heterocycles. The molecule has 1 fully saturated rings. The first kappa shape index (κ1) is 34.0. The van der Waals surface area contributed by atoms with Crippen LogP contribution in [-0.2, 0) is 20.9 Å². The number of aromatic nitrogens is 4. The molecule has 11 heteroatoms. The molecule has 0 atom stereocenters. The monoisotopic (exact) mass is 690 g/mol. The van der Waals surface area contributed by atoms with E-state index in [1.54, 1.807) is 10.9 Å². The van der Waals surface area contributed by atoms with Gasteiger partial charge in [-0.2, -0.15) is 5.10 Å². The van der Waals surface area contributed by atoms with Crippen LogP contribution in [0.3, 0.4) is 0 Å². The molecule has 6 aromatic rings. The van der Waals surface area contributed by atoms with E-state index in [0.717, 1.165) is 75.6 Å². The van der Waals surface area contributed by atoms with Crippen LogP contribution in [0, 0.1) is 0 Å². The first-order valence-electron chi connectivity index (χ1n) is 17.1. The van der Waals surface area contributed by atoms with Crippen LogP contribution in [0.5, 0.6) is 0 Å². The Hall–Kier alpha value is -6.46. The van der Waals surface area contributed by atoms with Gasteiger partial charge >= 0.3 is 0 Å². The van der Waals surface area contributed by atoms with Crippen LogP contribution < -0.4 is 16.0 Å². The second-order valence-electron chi connectivity index (χ2n) is 13.0. The Bertz CT molecular complexity index is 2360. The van der Waals surface area contributed by atoms with Crippen molar-refractivity contribution in [3.8, 4) is 33.4 Å². The minimum atomic E-state index is -0.338. The SMILES string of the molecule is C=CC(=O)Nc1cccc(-c2cc(-c3cc(NC(=O)C=C)cc(-c4ccc5cncnc5c4)c3)c3cn(CC(=O)NC4CCN(C)CC4)nc3c2)c1. The van der Waals surface area contributed by atoms with E-state index in [1.807, 2.05) is 66.9 Å². The van der Waals surface area contributed by atoms with Gasteiger partial charge in [-0.3, -0.25) is 19.1 Å². The van der Waals surface area contributed by atoms with E-state index < -0.39 is 0 Å². The normalized spacial score (nSPS) is 13.5. The van der Waals surface area contributed by atoms with E-state index in [-0.39, 0.29) is 30.3 Å². The Labute approximate surface area is 301 Å². The second kappa shape index (κ2) is 14.8. The van der Waals surface area contributed by atoms with E-state index in [2.05, 4.69) is 63.2 Å². The Morgan fingerprint density at radius 2 is 1.50 bits per heavy atom. The zero-order chi connectivity index (χ0) is 36.2. The molecule has 2 aromatic heterocycles. The molecule has 3 amide bonds. The number of piperidine rings is 1. The molecule has 0 radical (unpaired) electrons. The summed E-state index contributed by atoms with van der Waals surface area (Å²) in [5, 5.41) is 15.6. The molecule has 1 aliphatic heterocycles. The molecule has 3 heterocycles. The van der Waals surface area contributed by atoms with Crippen molar-refractivity contribution in [1.82, 2.24) is 30.0 Å². The van der Waals surface area contributed by atoms with Gasteiger partial charge in [0.1, 0.15) is 12.9 Å². The van der Waals surface area contributed by atoms with Crippen molar-refractivity contribution in [1.29, 1.82) is 0 Å². The Morgan fingerprint density at radius 3 is 2.29 bits per heavy atom. The zero-order valence-electron chi connectivity index (χ0n) is 28.8. The number of nitrogens with one attached hydrogen (secondary N) is 3. The third kappa shape index (κ3) is 7.64. The van der Waals surface area contributed by atoms with Crippen LogP contribution >= 0.6 is 0 Å². The summed E-state index contributed by atoms with van der Waals surface area (Å²) in [5.41, 5.74) is 7.80. The predicted octanol–water partition coefficient (Wildman–Crippen LogP) is 6.44. The first-order chi connectivity index (χ1) is 25.2. The lowest BCUT2D eigenvalue weighted by atomic mass is 9.93. The lowest BCUT2D eigenvalue weighted by molar-refractivity contribution is -0.122. The highest BCUT2D eigenvalue weighted by atomic mass is 16.2. The fourth-order valence-electron chi connectivity index (χ4n) is 6.57. The van der Waals surface area contributed by atoms with E-state index in [0.29, 0.717) is 16.9 Å². The predicted molar refractivity (Wildman–Crippen MR) is 205 cm³/mol. The second-order valence-corrected chi connectivity index (χ2v) is 13.0. The number of rotatable bonds is 10. The van der Waals surface area contributed by atoms with Crippen molar-refractivity contribution >= 4 is 50.9 Å². The third-order valence-electron chi connectivity index (χ3n) is 9.25. The van der Waals surface area contributed by atoms with E-state index in [1.165, 1.54) is 18.5 Å². The summed E-state index contributed by atoms with van der Waals surface area (Å²) in [6.07, 6.45) is 9.46. The number of likely N-dealkylation sites (tertiary alicyclic amines) is 1. The third-order valence-corrected chi connectivity index (χ3v) is 9.25. The quantitative estimate of drug-likeness (QED) is 0.141. The number of anilines is 2. The summed E-state index contributed by atoms with van der Waals surface area (Å²) in [4.78, 5) is 48.7. The van der Waals surface area contributed by atoms with Crippen molar-refractivity contribution in [3.63, 3.8) is 0 Å². The van der Waals surface area contributed by atoms with Crippen LogP contribution in [-0.4, -0.2) is 68.5 Å². The first-order valence-corrected chi connectivity index (χ1v) is 17.1. The minimum absolute atomic E-state index is 0.0679. The molecule has 0 bridgehead atoms. The van der Waals surface area contributed by atoms with E-state index in [4.69, 9.17) is 5.10 Å². The standard InChI is InChI=1S/C41H38N8O3/c1-4-39(50)45-33-8-6-7-26(16-33)30-19-35(36-23-49(47-38(36)21-30)24-41(52)44-32-11-13-48(3)14-12-32)31-15-29(17-34(18-31)46-40(51)5-2)27-9-10-28-22-42-25-43-37(28)20-27/h4-10,15-23,25,32H,1-2,11-14,24H2,3H3,(H,44,52)(H,45,50)(H,46,51). The fraction of sp³-hybridized carbons (Fsp3) is 0.171. The summed E-state index contributed by atoms with van der Waals surface area (Å²) in [5.74, 6) is -0.738. The molecule has 0 saturated carbocycles. The maximum absolute atomic E-state index is 13.2. The minimum Gasteiger partial charge on any atom is -0.352 e. The molecule has 4 aromatic carbocycles. The van der Waals surface area contributed by atoms with E-state index in [9.17, 15) is 14.4 Å². The number of carbonyl (C=O) groups excluding carboxylic acids is 3. The number of hydrogen-bond acceptors (Lipinski definition) is 7. The fourth-order valence-corrected chi connectivity index (χ4v) is 6.57. The lowest BCUT2D eigenvalue weighted by Gasteiger charge is -2.29. The number of hydrogen-bond donors (Lipinski definition) is 3. The van der Waals surface area contributed by atoms with Gasteiger partial charge < -0.3 is 20.9 Å². The van der Waals surface area contributed by atoms with Crippen molar-refractivity contribution < 1.29 is 14.4 Å². The summed E-state index contributed by atoms with van der Waals surface area (Å²) >= 11 is 0. The maximum Gasteiger partial charge on any atom is 0.247 e. The molecule has 52 heavy (non-hydrogen) atoms. The lowest BCUT2D eigenvalue weighted by Crippen LogP contribution is -2.44. The Morgan fingerprint density at radius 1 is 0.808 bits per heavy atom. The van der Waals surface area contributed by atoms with Crippen molar-refractivity contribution in [2.45, 2.75) is 25.4 Å². The van der Waals surface area contributed by atoms with Gasteiger partial charge in [-0.15, -0.1) is 0 Å². The summed E-state index contributed by atoms with van der Waals surface area (Å²) < 4.78 is 1.68. The summed E-state index contributed by atoms with van der Waals surface area (Å²) in [7, 11) is 2.09. The van der Waals surface area contributed by atoms with Gasteiger partial charge in [0.05, 0.1) is 11.0 Å². The summed E-state index contributed by atoms with van der Waals surface area (Å²) in [6, 6.07) is 23.6. The van der Waals surface area contributed by atoms with Gasteiger partial charge in [-0.1, -0.05) is 37.4 Å². The molecule has 7 rings (SSSR count). The number of fused-ring (bicyclic) bond motifs is 2. The average molecular weight is 691 g/mol. The molecule has 11 nitrogen and oxygen atoms in total. The van der Waals surface area contributed by atoms with Gasteiger partial charge in [0, 0.05) is 40.6 Å². The van der Waals surface area contributed by atoms with Gasteiger partial charge in [0.25, 0.3) is 0 Å². The smallest absolute Gasteiger partial charge is 0.247 e. The highest BCUT2D eigenvalue weighted by Crippen LogP contribution is 2.38. The number of benzene rings is 4. The topological polar surface area (TPSA) is 134 Å². The van der Waals surface area contributed by atoms with Crippen molar-refractivity contribution in [2.75, 3.05) is 30.8 Å². The molecule has 1 aliphatic rings. The van der Waals surface area contributed by atoms with Gasteiger partial charge in [0.15, 0.2) is 0 Å². The Balaban J connectivity index is 1.35. The molecule has 3 N–H and O–H groups in total. The molecule has 0 spiro atoms. The van der Waals surface area contributed by atoms with Gasteiger partial charge in [-0.25, -0.2) is 9.97 Å². The van der Waals surface area contributed by atoms with Crippen LogP contribution in [0.15, 0.2) is 117 Å². The molecular formula is C41H38N8O3. The zero-order valence-corrected chi connectivity index (χ0v) is 28.8.